The summed E-state index contributed by atoms with van der Waals surface area (Å²) in [6.07, 6.45) is 3.38. The molecule has 0 spiro atoms. The molecule has 1 fully saturated rings. The Labute approximate surface area is 129 Å². The van der Waals surface area contributed by atoms with E-state index >= 15 is 0 Å². The fraction of sp³-hybridized carbons (Fsp3) is 0.429. The molecule has 0 saturated carbocycles. The van der Waals surface area contributed by atoms with Crippen molar-refractivity contribution in [3.63, 3.8) is 0 Å². The number of likely N-dealkylation sites (tertiary alicyclic amines) is 1. The van der Waals surface area contributed by atoms with Crippen molar-refractivity contribution in [1.82, 2.24) is 14.5 Å². The van der Waals surface area contributed by atoms with Crippen LogP contribution in [0.2, 0.25) is 0 Å². The standard InChI is InChI=1S/C14H15N3O4S/c18-11(17-5-2-1-3-10(17)14(20)21)7-16-8-15-12-9(13(16)19)4-6-22-12/h4,6,8,10H,1-3,5,7H2,(H,20,21)/t10-/m1/s1. The van der Waals surface area contributed by atoms with Gasteiger partial charge >= 0.3 is 5.97 Å². The number of aliphatic carboxylic acids is 1. The lowest BCUT2D eigenvalue weighted by atomic mass is 10.0. The highest BCUT2D eigenvalue weighted by Crippen LogP contribution is 2.18. The number of fused-ring (bicyclic) bond motifs is 1. The molecule has 8 heteroatoms. The van der Waals surface area contributed by atoms with Crippen molar-refractivity contribution >= 4 is 33.4 Å². The zero-order valence-electron chi connectivity index (χ0n) is 11.8. The highest BCUT2D eigenvalue weighted by atomic mass is 32.1. The Hall–Kier alpha value is -2.22. The molecule has 116 valence electrons. The number of amides is 1. The van der Waals surface area contributed by atoms with Crippen LogP contribution in [0.3, 0.4) is 0 Å². The monoisotopic (exact) mass is 321 g/mol. The summed E-state index contributed by atoms with van der Waals surface area (Å²) in [4.78, 5) is 42.0. The predicted octanol–water partition coefficient (Wildman–Crippen LogP) is 0.924. The van der Waals surface area contributed by atoms with Crippen molar-refractivity contribution in [2.75, 3.05) is 6.54 Å². The predicted molar refractivity (Wildman–Crippen MR) is 80.9 cm³/mol. The number of hydrogen-bond donors (Lipinski definition) is 1. The molecular formula is C14H15N3O4S. The molecule has 1 aliphatic rings. The lowest BCUT2D eigenvalue weighted by molar-refractivity contribution is -0.152. The van der Waals surface area contributed by atoms with Crippen LogP contribution in [0.15, 0.2) is 22.6 Å². The summed E-state index contributed by atoms with van der Waals surface area (Å²) in [6, 6.07) is 0.881. The van der Waals surface area contributed by atoms with Crippen molar-refractivity contribution in [3.8, 4) is 0 Å². The Balaban J connectivity index is 1.84. The minimum Gasteiger partial charge on any atom is -0.480 e. The summed E-state index contributed by atoms with van der Waals surface area (Å²) < 4.78 is 1.24. The topological polar surface area (TPSA) is 92.5 Å². The molecule has 0 radical (unpaired) electrons. The first-order chi connectivity index (χ1) is 10.6. The highest BCUT2D eigenvalue weighted by Gasteiger charge is 2.31. The maximum Gasteiger partial charge on any atom is 0.326 e. The van der Waals surface area contributed by atoms with Crippen molar-refractivity contribution in [2.45, 2.75) is 31.8 Å². The number of piperidine rings is 1. The lowest BCUT2D eigenvalue weighted by Gasteiger charge is -2.33. The van der Waals surface area contributed by atoms with Gasteiger partial charge in [0.1, 0.15) is 17.4 Å². The molecule has 0 unspecified atom stereocenters. The van der Waals surface area contributed by atoms with Crippen LogP contribution < -0.4 is 5.56 Å². The van der Waals surface area contributed by atoms with Gasteiger partial charge in [0.15, 0.2) is 0 Å². The molecule has 7 nitrogen and oxygen atoms in total. The molecule has 1 saturated heterocycles. The van der Waals surface area contributed by atoms with Gasteiger partial charge in [0.25, 0.3) is 5.56 Å². The van der Waals surface area contributed by atoms with Gasteiger partial charge in [0, 0.05) is 6.54 Å². The number of nitrogens with zero attached hydrogens (tertiary/aromatic N) is 3. The first kappa shape index (κ1) is 14.7. The van der Waals surface area contributed by atoms with E-state index in [1.165, 1.54) is 27.1 Å². The summed E-state index contributed by atoms with van der Waals surface area (Å²) in [6.45, 7) is 0.236. The molecule has 2 aromatic heterocycles. The molecular weight excluding hydrogens is 306 g/mol. The van der Waals surface area contributed by atoms with E-state index in [0.29, 0.717) is 23.2 Å². The second kappa shape index (κ2) is 5.88. The maximum absolute atomic E-state index is 12.4. The van der Waals surface area contributed by atoms with Crippen LogP contribution in [0.5, 0.6) is 0 Å². The maximum atomic E-state index is 12.4. The lowest BCUT2D eigenvalue weighted by Crippen LogP contribution is -2.49. The van der Waals surface area contributed by atoms with Crippen LogP contribution in [-0.2, 0) is 16.1 Å². The molecule has 3 heterocycles. The van der Waals surface area contributed by atoms with E-state index in [4.69, 9.17) is 0 Å². The van der Waals surface area contributed by atoms with Crippen molar-refractivity contribution in [1.29, 1.82) is 0 Å². The van der Waals surface area contributed by atoms with Crippen LogP contribution in [0.4, 0.5) is 0 Å². The SMILES string of the molecule is O=C(O)[C@H]1CCCCN1C(=O)Cn1cnc2sccc2c1=O. The minimum absolute atomic E-state index is 0.179. The Morgan fingerprint density at radius 3 is 3.00 bits per heavy atom. The summed E-state index contributed by atoms with van der Waals surface area (Å²) in [7, 11) is 0. The van der Waals surface area contributed by atoms with Gasteiger partial charge in [0.2, 0.25) is 5.91 Å². The van der Waals surface area contributed by atoms with Gasteiger partial charge < -0.3 is 10.0 Å². The number of rotatable bonds is 3. The van der Waals surface area contributed by atoms with Crippen LogP contribution in [0, 0.1) is 0 Å². The first-order valence-electron chi connectivity index (χ1n) is 7.03. The fourth-order valence-electron chi connectivity index (χ4n) is 2.73. The Morgan fingerprint density at radius 1 is 1.41 bits per heavy atom. The van der Waals surface area contributed by atoms with Gasteiger partial charge in [-0.3, -0.25) is 14.2 Å². The third-order valence-electron chi connectivity index (χ3n) is 3.86. The normalized spacial score (nSPS) is 18.5. The number of carboxylic acids is 1. The van der Waals surface area contributed by atoms with Gasteiger partial charge in [-0.1, -0.05) is 0 Å². The van der Waals surface area contributed by atoms with Crippen molar-refractivity contribution in [3.05, 3.63) is 28.1 Å². The van der Waals surface area contributed by atoms with Crippen LogP contribution in [-0.4, -0.2) is 44.0 Å². The zero-order valence-corrected chi connectivity index (χ0v) is 12.6. The molecule has 1 amide bonds. The van der Waals surface area contributed by atoms with E-state index in [2.05, 4.69) is 4.98 Å². The molecule has 0 aliphatic carbocycles. The first-order valence-corrected chi connectivity index (χ1v) is 7.91. The van der Waals surface area contributed by atoms with E-state index in [1.807, 2.05) is 0 Å². The summed E-state index contributed by atoms with van der Waals surface area (Å²) >= 11 is 1.36. The zero-order chi connectivity index (χ0) is 15.7. The second-order valence-electron chi connectivity index (χ2n) is 5.25. The molecule has 0 aromatic carbocycles. The van der Waals surface area contributed by atoms with E-state index in [1.54, 1.807) is 11.4 Å². The number of aromatic nitrogens is 2. The summed E-state index contributed by atoms with van der Waals surface area (Å²) in [5.74, 6) is -1.35. The van der Waals surface area contributed by atoms with Crippen molar-refractivity contribution < 1.29 is 14.7 Å². The third-order valence-corrected chi connectivity index (χ3v) is 4.68. The molecule has 3 rings (SSSR count). The number of carbonyl (C=O) groups excluding carboxylic acids is 1. The fourth-order valence-corrected chi connectivity index (χ4v) is 3.45. The average Bonchev–Trinajstić information content (AvgIpc) is 2.99. The van der Waals surface area contributed by atoms with Crippen LogP contribution >= 0.6 is 11.3 Å². The van der Waals surface area contributed by atoms with Gasteiger partial charge in [-0.15, -0.1) is 11.3 Å². The smallest absolute Gasteiger partial charge is 0.326 e. The largest absolute Gasteiger partial charge is 0.480 e. The van der Waals surface area contributed by atoms with Gasteiger partial charge in [-0.25, -0.2) is 9.78 Å². The van der Waals surface area contributed by atoms with Gasteiger partial charge in [0.05, 0.1) is 11.7 Å². The third kappa shape index (κ3) is 2.61. The van der Waals surface area contributed by atoms with E-state index in [-0.39, 0.29) is 18.0 Å². The Morgan fingerprint density at radius 2 is 2.23 bits per heavy atom. The number of carbonyl (C=O) groups is 2. The number of thiophene rings is 1. The number of carboxylic acid groups (broad SMARTS) is 1. The van der Waals surface area contributed by atoms with Crippen LogP contribution in [0.1, 0.15) is 19.3 Å². The molecule has 2 aromatic rings. The van der Waals surface area contributed by atoms with E-state index < -0.39 is 12.0 Å². The average molecular weight is 321 g/mol. The van der Waals surface area contributed by atoms with E-state index in [0.717, 1.165) is 12.8 Å². The Kier molecular flexibility index (Phi) is 3.93. The second-order valence-corrected chi connectivity index (χ2v) is 6.15. The number of hydrogen-bond acceptors (Lipinski definition) is 5. The Bertz CT molecular complexity index is 782. The molecule has 0 bridgehead atoms. The molecule has 1 N–H and O–H groups in total. The molecule has 22 heavy (non-hydrogen) atoms. The quantitative estimate of drug-likeness (QED) is 0.907. The van der Waals surface area contributed by atoms with Gasteiger partial charge in [-0.2, -0.15) is 0 Å². The minimum atomic E-state index is -0.994. The van der Waals surface area contributed by atoms with Crippen LogP contribution in [0.25, 0.3) is 10.2 Å². The summed E-state index contributed by atoms with van der Waals surface area (Å²) in [5, 5.41) is 11.5. The van der Waals surface area contributed by atoms with Crippen molar-refractivity contribution in [2.24, 2.45) is 0 Å². The van der Waals surface area contributed by atoms with Gasteiger partial charge in [-0.05, 0) is 30.7 Å². The molecule has 1 atom stereocenters. The summed E-state index contributed by atoms with van der Waals surface area (Å²) in [5.41, 5.74) is -0.275. The highest BCUT2D eigenvalue weighted by molar-refractivity contribution is 7.16. The van der Waals surface area contributed by atoms with E-state index in [9.17, 15) is 19.5 Å². The molecule has 1 aliphatic heterocycles.